The Morgan fingerprint density at radius 1 is 0.975 bits per heavy atom. The maximum absolute atomic E-state index is 13.8. The van der Waals surface area contributed by atoms with Crippen LogP contribution in [0.1, 0.15) is 25.3 Å². The van der Waals surface area contributed by atoms with Gasteiger partial charge in [0.05, 0.1) is 58.8 Å². The van der Waals surface area contributed by atoms with Crippen LogP contribution in [0.4, 0.5) is 5.13 Å². The number of methoxy groups -OCH3 is 5. The van der Waals surface area contributed by atoms with Crippen LogP contribution in [0, 0.1) is 0 Å². The molecule has 2 aromatic carbocycles. The lowest BCUT2D eigenvalue weighted by atomic mass is 9.68. The molecule has 1 aromatic heterocycles. The summed E-state index contributed by atoms with van der Waals surface area (Å²) in [6.45, 7) is 3.66. The molecule has 0 amide bonds. The zero-order valence-electron chi connectivity index (χ0n) is 23.5. The number of thiazole rings is 1. The number of nitrogens with zero attached hydrogens (tertiary/aromatic N) is 1. The summed E-state index contributed by atoms with van der Waals surface area (Å²) in [6.07, 6.45) is 0. The summed E-state index contributed by atoms with van der Waals surface area (Å²) in [5.41, 5.74) is 1.59. The van der Waals surface area contributed by atoms with Gasteiger partial charge in [-0.3, -0.25) is 0 Å². The number of hydrogen-bond donors (Lipinski definition) is 2. The Bertz CT molecular complexity index is 1400. The molecule has 0 saturated carbocycles. The number of aromatic nitrogens is 1. The summed E-state index contributed by atoms with van der Waals surface area (Å²) in [5, 5.41) is 8.99. The first-order chi connectivity index (χ1) is 19.2. The quantitative estimate of drug-likeness (QED) is 0.361. The Kier molecular flexibility index (Phi) is 8.53. The van der Waals surface area contributed by atoms with Crippen molar-refractivity contribution < 1.29 is 33.3 Å². The van der Waals surface area contributed by atoms with Gasteiger partial charge in [0.2, 0.25) is 5.75 Å². The molecule has 3 aromatic rings. The van der Waals surface area contributed by atoms with Crippen molar-refractivity contribution in [1.82, 2.24) is 10.3 Å². The second-order valence-corrected chi connectivity index (χ2v) is 10.0. The van der Waals surface area contributed by atoms with Gasteiger partial charge in [0, 0.05) is 16.6 Å². The van der Waals surface area contributed by atoms with Gasteiger partial charge in [-0.2, -0.15) is 0 Å². The molecule has 10 nitrogen and oxygen atoms in total. The van der Waals surface area contributed by atoms with Crippen LogP contribution in [0.25, 0.3) is 11.3 Å². The first-order valence-electron chi connectivity index (χ1n) is 12.5. The molecule has 40 heavy (non-hydrogen) atoms. The maximum atomic E-state index is 13.8. The van der Waals surface area contributed by atoms with Crippen LogP contribution in [0.2, 0.25) is 0 Å². The van der Waals surface area contributed by atoms with Gasteiger partial charge in [-0.1, -0.05) is 30.3 Å². The predicted molar refractivity (Wildman–Crippen MR) is 152 cm³/mol. The molecule has 0 bridgehead atoms. The number of allylic oxidation sites excluding steroid dienone is 1. The van der Waals surface area contributed by atoms with Crippen molar-refractivity contribution in [2.75, 3.05) is 40.9 Å². The lowest BCUT2D eigenvalue weighted by Crippen LogP contribution is -2.66. The Morgan fingerprint density at radius 3 is 2.17 bits per heavy atom. The minimum Gasteiger partial charge on any atom is -0.493 e. The Labute approximate surface area is 237 Å². The Balaban J connectivity index is 1.86. The molecule has 3 atom stereocenters. The van der Waals surface area contributed by atoms with Crippen LogP contribution >= 0.6 is 11.3 Å². The number of ether oxygens (including phenoxy) is 5. The van der Waals surface area contributed by atoms with E-state index in [-0.39, 0.29) is 0 Å². The van der Waals surface area contributed by atoms with Gasteiger partial charge in [0.1, 0.15) is 0 Å². The van der Waals surface area contributed by atoms with Crippen LogP contribution in [0.15, 0.2) is 59.1 Å². The molecular weight excluding hydrogens is 534 g/mol. The minimum absolute atomic E-state index is 0.325. The number of nitrogens with one attached hydrogen (secondary N) is 2. The van der Waals surface area contributed by atoms with Gasteiger partial charge >= 0.3 is 11.9 Å². The second kappa shape index (κ2) is 11.9. The fourth-order valence-electron chi connectivity index (χ4n) is 5.23. The molecule has 0 saturated heterocycles. The van der Waals surface area contributed by atoms with E-state index >= 15 is 0 Å². The zero-order chi connectivity index (χ0) is 29.0. The highest BCUT2D eigenvalue weighted by Crippen LogP contribution is 2.46. The van der Waals surface area contributed by atoms with Gasteiger partial charge in [-0.25, -0.2) is 14.6 Å². The van der Waals surface area contributed by atoms with E-state index in [0.717, 1.165) is 11.1 Å². The highest BCUT2D eigenvalue weighted by Gasteiger charge is 2.58. The molecule has 2 N–H and O–H groups in total. The minimum atomic E-state index is -1.45. The smallest absolute Gasteiger partial charge is 0.336 e. The molecule has 0 aliphatic carbocycles. The summed E-state index contributed by atoms with van der Waals surface area (Å²) < 4.78 is 27.0. The van der Waals surface area contributed by atoms with Gasteiger partial charge < -0.3 is 34.3 Å². The third kappa shape index (κ3) is 4.92. The lowest BCUT2D eigenvalue weighted by Gasteiger charge is -2.47. The standard InChI is InChI=1S/C29H33N3O7S/c1-16-23(26(33)38-6)24(18-11-9-8-10-12-18)29(17(2)30-16,27(34)39-7)32-28-31-20(15-40-28)19-13-21(35-3)25(37-5)22(14-19)36-4/h8-15,17,24,30H,1-7H3,(H,31,32). The summed E-state index contributed by atoms with van der Waals surface area (Å²) in [5.74, 6) is -0.403. The van der Waals surface area contributed by atoms with Crippen molar-refractivity contribution in [3.05, 3.63) is 64.7 Å². The van der Waals surface area contributed by atoms with E-state index in [1.54, 1.807) is 40.4 Å². The second-order valence-electron chi connectivity index (χ2n) is 9.18. The van der Waals surface area contributed by atoms with Gasteiger partial charge in [-0.15, -0.1) is 11.3 Å². The number of carbonyl (C=O) groups is 2. The van der Waals surface area contributed by atoms with Crippen molar-refractivity contribution in [1.29, 1.82) is 0 Å². The molecule has 2 heterocycles. The van der Waals surface area contributed by atoms with Crippen LogP contribution in [0.3, 0.4) is 0 Å². The fraction of sp³-hybridized carbons (Fsp3) is 0.345. The highest BCUT2D eigenvalue weighted by atomic mass is 32.1. The number of carbonyl (C=O) groups excluding carboxylic acids is 2. The number of rotatable bonds is 9. The summed E-state index contributed by atoms with van der Waals surface area (Å²) in [7, 11) is 7.28. The molecule has 1 aliphatic rings. The largest absolute Gasteiger partial charge is 0.493 e. The third-order valence-electron chi connectivity index (χ3n) is 7.10. The van der Waals surface area contributed by atoms with Crippen molar-refractivity contribution in [2.24, 2.45) is 0 Å². The van der Waals surface area contributed by atoms with Crippen LogP contribution in [0.5, 0.6) is 17.2 Å². The van der Waals surface area contributed by atoms with Gasteiger partial charge in [0.25, 0.3) is 0 Å². The molecule has 3 unspecified atom stereocenters. The molecule has 4 rings (SSSR count). The summed E-state index contributed by atoms with van der Waals surface area (Å²) >= 11 is 1.31. The average molecular weight is 568 g/mol. The number of benzene rings is 2. The summed E-state index contributed by atoms with van der Waals surface area (Å²) in [4.78, 5) is 31.7. The lowest BCUT2D eigenvalue weighted by molar-refractivity contribution is -0.148. The fourth-order valence-corrected chi connectivity index (χ4v) is 6.02. The first kappa shape index (κ1) is 28.8. The molecule has 1 aliphatic heterocycles. The molecule has 11 heteroatoms. The van der Waals surface area contributed by atoms with E-state index in [9.17, 15) is 9.59 Å². The zero-order valence-corrected chi connectivity index (χ0v) is 24.3. The van der Waals surface area contributed by atoms with Crippen molar-refractivity contribution >= 4 is 28.4 Å². The van der Waals surface area contributed by atoms with Crippen LogP contribution < -0.4 is 24.8 Å². The Morgan fingerprint density at radius 2 is 1.62 bits per heavy atom. The van der Waals surface area contributed by atoms with Crippen LogP contribution in [-0.4, -0.2) is 64.1 Å². The third-order valence-corrected chi connectivity index (χ3v) is 7.86. The van der Waals surface area contributed by atoms with Crippen LogP contribution in [-0.2, 0) is 19.1 Å². The normalized spacial score (nSPS) is 20.3. The van der Waals surface area contributed by atoms with Crippen molar-refractivity contribution in [3.8, 4) is 28.5 Å². The van der Waals surface area contributed by atoms with E-state index < -0.39 is 29.4 Å². The Hall–Kier alpha value is -4.25. The van der Waals surface area contributed by atoms with E-state index in [2.05, 4.69) is 10.6 Å². The molecule has 0 fully saturated rings. The number of esters is 2. The average Bonchev–Trinajstić information content (AvgIpc) is 3.45. The van der Waals surface area contributed by atoms with Crippen molar-refractivity contribution in [3.63, 3.8) is 0 Å². The molecular formula is C29H33N3O7S. The first-order valence-corrected chi connectivity index (χ1v) is 13.4. The number of hydrogen-bond acceptors (Lipinski definition) is 11. The van der Waals surface area contributed by atoms with E-state index in [0.29, 0.717) is 39.3 Å². The van der Waals surface area contributed by atoms with Gasteiger partial charge in [-0.05, 0) is 31.5 Å². The molecule has 212 valence electrons. The molecule has 0 radical (unpaired) electrons. The predicted octanol–water partition coefficient (Wildman–Crippen LogP) is 4.38. The van der Waals surface area contributed by atoms with Gasteiger partial charge in [0.15, 0.2) is 22.2 Å². The number of anilines is 1. The highest BCUT2D eigenvalue weighted by molar-refractivity contribution is 7.14. The van der Waals surface area contributed by atoms with Crippen molar-refractivity contribution in [2.45, 2.75) is 31.3 Å². The SMILES string of the molecule is COC(=O)C1=C(C)NC(C)C(Nc2nc(-c3cc(OC)c(OC)c(OC)c3)cs2)(C(=O)OC)C1c1ccccc1. The topological polar surface area (TPSA) is 117 Å². The maximum Gasteiger partial charge on any atom is 0.336 e. The monoisotopic (exact) mass is 567 g/mol. The van der Waals surface area contributed by atoms with E-state index in [4.69, 9.17) is 28.7 Å². The summed E-state index contributed by atoms with van der Waals surface area (Å²) in [6, 6.07) is 12.4. The van der Waals surface area contributed by atoms with E-state index in [1.807, 2.05) is 42.6 Å². The molecule has 0 spiro atoms. The van der Waals surface area contributed by atoms with E-state index in [1.165, 1.54) is 25.6 Å².